The molecule has 6 nitrogen and oxygen atoms in total. The monoisotopic (exact) mass is 353 g/mol. The molecule has 0 unspecified atom stereocenters. The van der Waals surface area contributed by atoms with Crippen molar-refractivity contribution >= 4 is 49.2 Å². The Morgan fingerprint density at radius 1 is 1.35 bits per heavy atom. The number of thiophene rings is 1. The number of carbonyl (C=O) groups excluding carboxylic acids is 1. The van der Waals surface area contributed by atoms with Crippen LogP contribution in [0.1, 0.15) is 35.9 Å². The zero-order valence-electron chi connectivity index (χ0n) is 12.9. The molecule has 0 atom stereocenters. The second kappa shape index (κ2) is 6.84. The number of thiazole rings is 1. The predicted molar refractivity (Wildman–Crippen MR) is 92.8 cm³/mol. The first-order chi connectivity index (χ1) is 11.1. The fraction of sp³-hybridized carbons (Fsp3) is 0.533. The van der Waals surface area contributed by atoms with Gasteiger partial charge in [-0.25, -0.2) is 4.98 Å². The van der Waals surface area contributed by atoms with Crippen molar-refractivity contribution < 1.29 is 14.7 Å². The van der Waals surface area contributed by atoms with E-state index in [1.54, 1.807) is 11.3 Å². The van der Waals surface area contributed by atoms with Gasteiger partial charge < -0.3 is 14.9 Å². The first-order valence-electron chi connectivity index (χ1n) is 7.75. The molecule has 3 rings (SSSR count). The lowest BCUT2D eigenvalue weighted by molar-refractivity contribution is -0.137. The summed E-state index contributed by atoms with van der Waals surface area (Å²) in [5.74, 6) is -1.20. The van der Waals surface area contributed by atoms with Gasteiger partial charge in [0.1, 0.15) is 11.4 Å². The summed E-state index contributed by atoms with van der Waals surface area (Å²) in [6.45, 7) is 4.22. The molecule has 1 amide bonds. The van der Waals surface area contributed by atoms with Crippen molar-refractivity contribution in [3.05, 3.63) is 10.9 Å². The van der Waals surface area contributed by atoms with Crippen molar-refractivity contribution in [1.29, 1.82) is 0 Å². The molecule has 0 saturated carbocycles. The van der Waals surface area contributed by atoms with E-state index in [0.717, 1.165) is 34.2 Å². The molecule has 8 heteroatoms. The Hall–Kier alpha value is -1.67. The Labute approximate surface area is 142 Å². The Balaban J connectivity index is 1.80. The van der Waals surface area contributed by atoms with Gasteiger partial charge in [-0.15, -0.1) is 11.3 Å². The van der Waals surface area contributed by atoms with Gasteiger partial charge in [0.2, 0.25) is 0 Å². The molecule has 0 radical (unpaired) electrons. The number of amides is 1. The number of rotatable bonds is 6. The molecule has 1 saturated heterocycles. The highest BCUT2D eigenvalue weighted by Gasteiger charge is 2.22. The minimum atomic E-state index is -0.986. The van der Waals surface area contributed by atoms with E-state index in [9.17, 15) is 9.59 Å². The molecule has 1 aliphatic rings. The van der Waals surface area contributed by atoms with Gasteiger partial charge in [-0.3, -0.25) is 9.59 Å². The van der Waals surface area contributed by atoms with Crippen molar-refractivity contribution in [2.75, 3.05) is 31.1 Å². The van der Waals surface area contributed by atoms with Gasteiger partial charge in [0.05, 0.1) is 9.58 Å². The largest absolute Gasteiger partial charge is 0.480 e. The molecule has 1 N–H and O–H groups in total. The minimum Gasteiger partial charge on any atom is -0.480 e. The smallest absolute Gasteiger partial charge is 0.323 e. The van der Waals surface area contributed by atoms with Crippen LogP contribution in [0.25, 0.3) is 9.53 Å². The molecule has 23 heavy (non-hydrogen) atoms. The average molecular weight is 353 g/mol. The first kappa shape index (κ1) is 16.2. The van der Waals surface area contributed by atoms with Gasteiger partial charge >= 0.3 is 5.97 Å². The topological polar surface area (TPSA) is 73.7 Å². The van der Waals surface area contributed by atoms with Crippen LogP contribution in [0.2, 0.25) is 0 Å². The van der Waals surface area contributed by atoms with Crippen LogP contribution in [0.5, 0.6) is 0 Å². The van der Waals surface area contributed by atoms with Crippen LogP contribution < -0.4 is 4.90 Å². The first-order valence-corrected chi connectivity index (χ1v) is 9.38. The summed E-state index contributed by atoms with van der Waals surface area (Å²) in [7, 11) is 0. The number of hydrogen-bond donors (Lipinski definition) is 1. The highest BCUT2D eigenvalue weighted by molar-refractivity contribution is 7.29. The molecule has 2 aromatic rings. The normalized spacial score (nSPS) is 14.6. The van der Waals surface area contributed by atoms with Crippen molar-refractivity contribution in [3.8, 4) is 0 Å². The maximum absolute atomic E-state index is 12.5. The number of nitrogens with zero attached hydrogens (tertiary/aromatic N) is 3. The van der Waals surface area contributed by atoms with E-state index < -0.39 is 5.97 Å². The molecule has 0 bridgehead atoms. The molecule has 1 aliphatic heterocycles. The minimum absolute atomic E-state index is 0.216. The molecular weight excluding hydrogens is 334 g/mol. The maximum atomic E-state index is 12.5. The van der Waals surface area contributed by atoms with E-state index in [-0.39, 0.29) is 12.5 Å². The van der Waals surface area contributed by atoms with Gasteiger partial charge in [0.15, 0.2) is 5.13 Å². The highest BCUT2D eigenvalue weighted by atomic mass is 32.1. The van der Waals surface area contributed by atoms with Crippen molar-refractivity contribution in [3.63, 3.8) is 0 Å². The third-order valence-corrected chi connectivity index (χ3v) is 5.98. The van der Waals surface area contributed by atoms with E-state index in [4.69, 9.17) is 5.11 Å². The SMILES string of the molecule is CCCN(CC(=O)O)C(=O)c1cc2sc(N3CCCC3)nc2s1. The lowest BCUT2D eigenvalue weighted by atomic mass is 10.3. The Kier molecular flexibility index (Phi) is 4.82. The molecule has 0 spiro atoms. The van der Waals surface area contributed by atoms with Gasteiger partial charge in [-0.2, -0.15) is 0 Å². The summed E-state index contributed by atoms with van der Waals surface area (Å²) in [5.41, 5.74) is 0. The van der Waals surface area contributed by atoms with Crippen LogP contribution in [0, 0.1) is 0 Å². The molecule has 0 aromatic carbocycles. The molecule has 3 heterocycles. The van der Waals surface area contributed by atoms with Crippen LogP contribution in [-0.2, 0) is 4.79 Å². The summed E-state index contributed by atoms with van der Waals surface area (Å²) in [6, 6.07) is 1.85. The summed E-state index contributed by atoms with van der Waals surface area (Å²) in [6.07, 6.45) is 3.15. The summed E-state index contributed by atoms with van der Waals surface area (Å²) in [4.78, 5) is 33.2. The van der Waals surface area contributed by atoms with E-state index in [1.165, 1.54) is 29.1 Å². The Bertz CT molecular complexity index is 687. The molecule has 1 fully saturated rings. The van der Waals surface area contributed by atoms with Crippen molar-refractivity contribution in [2.45, 2.75) is 26.2 Å². The van der Waals surface area contributed by atoms with E-state index in [0.29, 0.717) is 11.4 Å². The van der Waals surface area contributed by atoms with Crippen LogP contribution in [0.3, 0.4) is 0 Å². The van der Waals surface area contributed by atoms with E-state index in [2.05, 4.69) is 9.88 Å². The maximum Gasteiger partial charge on any atom is 0.323 e. The summed E-state index contributed by atoms with van der Waals surface area (Å²) in [5, 5.41) is 9.98. The second-order valence-electron chi connectivity index (χ2n) is 5.59. The highest BCUT2D eigenvalue weighted by Crippen LogP contribution is 2.36. The number of carboxylic acids is 1. The van der Waals surface area contributed by atoms with Crippen LogP contribution in [0.4, 0.5) is 5.13 Å². The predicted octanol–water partition coefficient (Wildman–Crippen LogP) is 2.89. The van der Waals surface area contributed by atoms with Gasteiger partial charge in [-0.1, -0.05) is 18.3 Å². The molecule has 0 aliphatic carbocycles. The van der Waals surface area contributed by atoms with Crippen LogP contribution in [-0.4, -0.2) is 53.0 Å². The second-order valence-corrected chi connectivity index (χ2v) is 7.63. The number of carboxylic acid groups (broad SMARTS) is 1. The standard InChI is InChI=1S/C15H19N3O3S2/c1-2-5-18(9-12(19)20)14(21)11-8-10-13(22-11)16-15(23-10)17-6-3-4-7-17/h8H,2-7,9H2,1H3,(H,19,20). The van der Waals surface area contributed by atoms with E-state index >= 15 is 0 Å². The lowest BCUT2D eigenvalue weighted by Crippen LogP contribution is -2.35. The van der Waals surface area contributed by atoms with E-state index in [1.807, 2.05) is 13.0 Å². The number of aromatic nitrogens is 1. The number of fused-ring (bicyclic) bond motifs is 1. The quantitative estimate of drug-likeness (QED) is 0.864. The third-order valence-electron chi connectivity index (χ3n) is 3.77. The van der Waals surface area contributed by atoms with Crippen molar-refractivity contribution in [1.82, 2.24) is 9.88 Å². The van der Waals surface area contributed by atoms with Crippen LogP contribution >= 0.6 is 22.7 Å². The lowest BCUT2D eigenvalue weighted by Gasteiger charge is -2.18. The van der Waals surface area contributed by atoms with Crippen LogP contribution in [0.15, 0.2) is 6.07 Å². The fourth-order valence-corrected chi connectivity index (χ4v) is 4.94. The average Bonchev–Trinajstić information content (AvgIpc) is 3.20. The van der Waals surface area contributed by atoms with Gasteiger partial charge in [0, 0.05) is 19.6 Å². The summed E-state index contributed by atoms with van der Waals surface area (Å²) >= 11 is 2.96. The number of hydrogen-bond acceptors (Lipinski definition) is 6. The number of anilines is 1. The van der Waals surface area contributed by atoms with Gasteiger partial charge in [0.25, 0.3) is 5.91 Å². The number of carbonyl (C=O) groups is 2. The van der Waals surface area contributed by atoms with Gasteiger partial charge in [-0.05, 0) is 25.3 Å². The van der Waals surface area contributed by atoms with Crippen molar-refractivity contribution in [2.24, 2.45) is 0 Å². The molecular formula is C15H19N3O3S2. The zero-order chi connectivity index (χ0) is 16.4. The molecule has 2 aromatic heterocycles. The Morgan fingerprint density at radius 2 is 2.09 bits per heavy atom. The Morgan fingerprint density at radius 3 is 2.70 bits per heavy atom. The molecule has 124 valence electrons. The number of aliphatic carboxylic acids is 1. The summed E-state index contributed by atoms with van der Waals surface area (Å²) < 4.78 is 1.01. The zero-order valence-corrected chi connectivity index (χ0v) is 14.6. The third kappa shape index (κ3) is 3.48. The fourth-order valence-electron chi connectivity index (χ4n) is 2.71.